The van der Waals surface area contributed by atoms with Crippen molar-refractivity contribution in [1.82, 2.24) is 29.6 Å². The smallest absolute Gasteiger partial charge is 0.279 e. The van der Waals surface area contributed by atoms with Gasteiger partial charge in [0.25, 0.3) is 5.56 Å². The molecule has 0 unspecified atom stereocenters. The SMILES string of the molecule is Cc1c(-c2ncnc3[nH]c(-c4ccc(N5CCN(C)CC5)cc4)cc23)cccc1-n1ncc2cc(C3CC3)ccc2c1=O. The average Bonchev–Trinajstić information content (AvgIpc) is 3.80. The molecule has 8 heteroatoms. The molecule has 1 aliphatic heterocycles. The van der Waals surface area contributed by atoms with Gasteiger partial charge in [-0.25, -0.2) is 9.97 Å². The summed E-state index contributed by atoms with van der Waals surface area (Å²) >= 11 is 0. The molecule has 4 heterocycles. The fourth-order valence-corrected chi connectivity index (χ4v) is 6.35. The van der Waals surface area contributed by atoms with E-state index in [0.29, 0.717) is 11.3 Å². The van der Waals surface area contributed by atoms with E-state index in [-0.39, 0.29) is 5.56 Å². The van der Waals surface area contributed by atoms with Crippen molar-refractivity contribution in [2.24, 2.45) is 0 Å². The first-order valence-electron chi connectivity index (χ1n) is 15.0. The van der Waals surface area contributed by atoms with Gasteiger partial charge in [0.05, 0.1) is 23.0 Å². The summed E-state index contributed by atoms with van der Waals surface area (Å²) in [6.45, 7) is 6.28. The van der Waals surface area contributed by atoms with E-state index in [9.17, 15) is 4.79 Å². The maximum Gasteiger partial charge on any atom is 0.279 e. The molecule has 8 nitrogen and oxygen atoms in total. The zero-order valence-corrected chi connectivity index (χ0v) is 24.4. The number of likely N-dealkylation sites (N-methyl/N-ethyl adjacent to an activating group) is 1. The van der Waals surface area contributed by atoms with Gasteiger partial charge in [-0.05, 0) is 85.8 Å². The number of benzene rings is 3. The quantitative estimate of drug-likeness (QED) is 0.278. The lowest BCUT2D eigenvalue weighted by molar-refractivity contribution is 0.313. The molecule has 6 aromatic rings. The van der Waals surface area contributed by atoms with E-state index in [2.05, 4.69) is 74.4 Å². The van der Waals surface area contributed by atoms with Crippen molar-refractivity contribution in [2.75, 3.05) is 38.1 Å². The fourth-order valence-electron chi connectivity index (χ4n) is 6.35. The summed E-state index contributed by atoms with van der Waals surface area (Å²) in [5, 5.41) is 7.12. The number of fused-ring (bicyclic) bond motifs is 2. The van der Waals surface area contributed by atoms with Crippen LogP contribution in [0.25, 0.3) is 50.0 Å². The summed E-state index contributed by atoms with van der Waals surface area (Å²) < 4.78 is 1.51. The minimum atomic E-state index is -0.114. The van der Waals surface area contributed by atoms with Gasteiger partial charge in [-0.3, -0.25) is 4.79 Å². The zero-order chi connectivity index (χ0) is 29.1. The predicted molar refractivity (Wildman–Crippen MR) is 172 cm³/mol. The maximum atomic E-state index is 13.6. The molecule has 43 heavy (non-hydrogen) atoms. The molecule has 1 saturated carbocycles. The third-order valence-corrected chi connectivity index (χ3v) is 9.12. The number of aromatic nitrogens is 5. The zero-order valence-electron chi connectivity index (χ0n) is 24.4. The first-order valence-corrected chi connectivity index (χ1v) is 15.0. The van der Waals surface area contributed by atoms with E-state index in [1.165, 1.54) is 28.8 Å². The van der Waals surface area contributed by atoms with Crippen molar-refractivity contribution in [3.05, 3.63) is 101 Å². The molecule has 0 bridgehead atoms. The number of anilines is 1. The van der Waals surface area contributed by atoms with Gasteiger partial charge in [0.1, 0.15) is 12.0 Å². The Balaban J connectivity index is 1.15. The number of piperazine rings is 1. The molecule has 0 amide bonds. The Bertz CT molecular complexity index is 2050. The van der Waals surface area contributed by atoms with Crippen LogP contribution in [0.4, 0.5) is 5.69 Å². The number of H-pyrrole nitrogens is 1. The third-order valence-electron chi connectivity index (χ3n) is 9.12. The van der Waals surface area contributed by atoms with Crippen LogP contribution < -0.4 is 10.5 Å². The Morgan fingerprint density at radius 3 is 2.49 bits per heavy atom. The molecule has 214 valence electrons. The molecular weight excluding hydrogens is 534 g/mol. The fraction of sp³-hybridized carbons (Fsp3) is 0.257. The molecule has 2 fully saturated rings. The topological polar surface area (TPSA) is 82.9 Å². The number of nitrogens with zero attached hydrogens (tertiary/aromatic N) is 6. The molecular formula is C35H33N7O. The first-order chi connectivity index (χ1) is 21.0. The Hall–Kier alpha value is -4.82. The molecule has 2 aliphatic rings. The number of hydrogen-bond acceptors (Lipinski definition) is 6. The van der Waals surface area contributed by atoms with Gasteiger partial charge in [0.15, 0.2) is 0 Å². The lowest BCUT2D eigenvalue weighted by Gasteiger charge is -2.34. The summed E-state index contributed by atoms with van der Waals surface area (Å²) in [5.74, 6) is 0.630. The van der Waals surface area contributed by atoms with Crippen LogP contribution in [-0.4, -0.2) is 62.9 Å². The Kier molecular flexibility index (Phi) is 6.11. The van der Waals surface area contributed by atoms with Gasteiger partial charge in [-0.1, -0.05) is 30.3 Å². The summed E-state index contributed by atoms with van der Waals surface area (Å²) in [6, 6.07) is 23.0. The molecule has 1 N–H and O–H groups in total. The Morgan fingerprint density at radius 2 is 1.70 bits per heavy atom. The lowest BCUT2D eigenvalue weighted by atomic mass is 10.0. The molecule has 3 aromatic heterocycles. The maximum absolute atomic E-state index is 13.6. The van der Waals surface area contributed by atoms with Crippen molar-refractivity contribution in [3.63, 3.8) is 0 Å². The van der Waals surface area contributed by atoms with Gasteiger partial charge >= 0.3 is 0 Å². The number of nitrogens with one attached hydrogen (secondary N) is 1. The van der Waals surface area contributed by atoms with Crippen molar-refractivity contribution in [1.29, 1.82) is 0 Å². The van der Waals surface area contributed by atoms with Crippen LogP contribution in [0.2, 0.25) is 0 Å². The van der Waals surface area contributed by atoms with E-state index >= 15 is 0 Å². The molecule has 0 radical (unpaired) electrons. The van der Waals surface area contributed by atoms with E-state index in [4.69, 9.17) is 4.98 Å². The van der Waals surface area contributed by atoms with Gasteiger partial charge in [0, 0.05) is 53.9 Å². The summed E-state index contributed by atoms with van der Waals surface area (Å²) in [5.41, 5.74) is 8.76. The highest BCUT2D eigenvalue weighted by atomic mass is 16.1. The van der Waals surface area contributed by atoms with Crippen molar-refractivity contribution < 1.29 is 0 Å². The summed E-state index contributed by atoms with van der Waals surface area (Å²) in [4.78, 5) is 31.2. The molecule has 0 atom stereocenters. The van der Waals surface area contributed by atoms with Crippen LogP contribution in [0.15, 0.2) is 84.0 Å². The minimum Gasteiger partial charge on any atom is -0.369 e. The number of rotatable bonds is 5. The van der Waals surface area contributed by atoms with E-state index in [1.807, 2.05) is 37.4 Å². The lowest BCUT2D eigenvalue weighted by Crippen LogP contribution is -2.44. The van der Waals surface area contributed by atoms with Crippen molar-refractivity contribution >= 4 is 27.5 Å². The van der Waals surface area contributed by atoms with Crippen LogP contribution in [-0.2, 0) is 0 Å². The molecule has 1 aliphatic carbocycles. The normalized spacial score (nSPS) is 15.9. The van der Waals surface area contributed by atoms with E-state index in [0.717, 1.165) is 76.4 Å². The average molecular weight is 568 g/mol. The van der Waals surface area contributed by atoms with Gasteiger partial charge < -0.3 is 14.8 Å². The molecule has 1 saturated heterocycles. The third kappa shape index (κ3) is 4.58. The van der Waals surface area contributed by atoms with Crippen molar-refractivity contribution in [2.45, 2.75) is 25.7 Å². The summed E-state index contributed by atoms with van der Waals surface area (Å²) in [7, 11) is 2.18. The summed E-state index contributed by atoms with van der Waals surface area (Å²) in [6.07, 6.45) is 5.86. The van der Waals surface area contributed by atoms with Crippen LogP contribution in [0.1, 0.15) is 29.9 Å². The largest absolute Gasteiger partial charge is 0.369 e. The highest BCUT2D eigenvalue weighted by Crippen LogP contribution is 2.40. The number of aromatic amines is 1. The van der Waals surface area contributed by atoms with Gasteiger partial charge in [-0.15, -0.1) is 0 Å². The standard InChI is InChI=1S/C35H33N7O/c1-22-28(4-3-5-32(22)42-35(43)29-13-10-25(23-6-7-23)18-26(29)20-38-42)33-30-19-31(39-34(30)37-21-36-33)24-8-11-27(12-9-24)41-16-14-40(2)15-17-41/h3-5,8-13,18-21,23H,6-7,14-17H2,1-2H3,(H,36,37,39). The Labute approximate surface area is 249 Å². The molecule has 8 rings (SSSR count). The van der Waals surface area contributed by atoms with Gasteiger partial charge in [0.2, 0.25) is 0 Å². The monoisotopic (exact) mass is 567 g/mol. The van der Waals surface area contributed by atoms with Crippen LogP contribution in [0.5, 0.6) is 0 Å². The highest BCUT2D eigenvalue weighted by Gasteiger charge is 2.24. The molecule has 0 spiro atoms. The van der Waals surface area contributed by atoms with Gasteiger partial charge in [-0.2, -0.15) is 9.78 Å². The molecule has 3 aromatic carbocycles. The first kappa shape index (κ1) is 25.9. The number of hydrogen-bond donors (Lipinski definition) is 1. The van der Waals surface area contributed by atoms with Crippen LogP contribution in [0, 0.1) is 6.92 Å². The van der Waals surface area contributed by atoms with E-state index in [1.54, 1.807) is 6.33 Å². The predicted octanol–water partition coefficient (Wildman–Crippen LogP) is 5.93. The van der Waals surface area contributed by atoms with Crippen molar-refractivity contribution in [3.8, 4) is 28.2 Å². The minimum absolute atomic E-state index is 0.114. The van der Waals surface area contributed by atoms with Crippen LogP contribution in [0.3, 0.4) is 0 Å². The van der Waals surface area contributed by atoms with E-state index < -0.39 is 0 Å². The second-order valence-corrected chi connectivity index (χ2v) is 11.9. The van der Waals surface area contributed by atoms with Crippen LogP contribution >= 0.6 is 0 Å². The highest BCUT2D eigenvalue weighted by molar-refractivity contribution is 5.95. The second-order valence-electron chi connectivity index (χ2n) is 11.9. The second kappa shape index (κ2) is 10.2. The Morgan fingerprint density at radius 1 is 0.884 bits per heavy atom.